The summed E-state index contributed by atoms with van der Waals surface area (Å²) in [5.74, 6) is -0.911. The number of aromatic carboxylic acids is 1. The van der Waals surface area contributed by atoms with E-state index in [-0.39, 0.29) is 6.10 Å². The van der Waals surface area contributed by atoms with E-state index in [1.807, 2.05) is 23.0 Å². The van der Waals surface area contributed by atoms with Crippen LogP contribution in [0.25, 0.3) is 0 Å². The first-order valence-corrected chi connectivity index (χ1v) is 6.19. The minimum atomic E-state index is -0.911. The van der Waals surface area contributed by atoms with Crippen LogP contribution in [0.15, 0.2) is 36.7 Å². The summed E-state index contributed by atoms with van der Waals surface area (Å²) in [5, 5.41) is 13.2. The predicted molar refractivity (Wildman–Crippen MR) is 68.0 cm³/mol. The van der Waals surface area contributed by atoms with Crippen LogP contribution in [0.2, 0.25) is 0 Å². The van der Waals surface area contributed by atoms with E-state index in [1.165, 1.54) is 0 Å². The number of nitrogens with zero attached hydrogens (tertiary/aromatic N) is 2. The molecule has 1 aliphatic rings. The van der Waals surface area contributed by atoms with Crippen molar-refractivity contribution in [2.45, 2.75) is 19.1 Å². The van der Waals surface area contributed by atoms with Gasteiger partial charge in [-0.05, 0) is 29.3 Å². The van der Waals surface area contributed by atoms with Gasteiger partial charge in [-0.1, -0.05) is 6.07 Å². The molecule has 0 amide bonds. The molecule has 1 N–H and O–H groups in total. The number of carbonyl (C=O) groups is 1. The van der Waals surface area contributed by atoms with Crippen molar-refractivity contribution in [3.8, 4) is 0 Å². The van der Waals surface area contributed by atoms with Crippen LogP contribution in [0, 0.1) is 0 Å². The lowest BCUT2D eigenvalue weighted by Gasteiger charge is -2.29. The lowest BCUT2D eigenvalue weighted by molar-refractivity contribution is -0.0532. The van der Waals surface area contributed by atoms with Crippen LogP contribution in [0.1, 0.15) is 34.0 Å². The van der Waals surface area contributed by atoms with Gasteiger partial charge in [0.05, 0.1) is 24.8 Å². The topological polar surface area (TPSA) is 64.3 Å². The number of rotatable bonds is 4. The molecular formula is C14H14N2O3. The smallest absolute Gasteiger partial charge is 0.335 e. The Kier molecular flexibility index (Phi) is 3.05. The van der Waals surface area contributed by atoms with Crippen molar-refractivity contribution < 1.29 is 14.6 Å². The molecule has 1 unspecified atom stereocenters. The van der Waals surface area contributed by atoms with Crippen LogP contribution >= 0.6 is 0 Å². The molecule has 98 valence electrons. The average molecular weight is 258 g/mol. The van der Waals surface area contributed by atoms with Gasteiger partial charge in [-0.25, -0.2) is 4.79 Å². The molecule has 0 spiro atoms. The maximum absolute atomic E-state index is 11.1. The van der Waals surface area contributed by atoms with Gasteiger partial charge in [0.25, 0.3) is 0 Å². The van der Waals surface area contributed by atoms with Crippen LogP contribution in [0.3, 0.4) is 0 Å². The van der Waals surface area contributed by atoms with Gasteiger partial charge in [-0.2, -0.15) is 5.10 Å². The fourth-order valence-corrected chi connectivity index (χ4v) is 2.22. The van der Waals surface area contributed by atoms with E-state index < -0.39 is 5.97 Å². The Morgan fingerprint density at radius 3 is 2.95 bits per heavy atom. The van der Waals surface area contributed by atoms with Gasteiger partial charge in [0.1, 0.15) is 0 Å². The molecule has 1 aromatic carbocycles. The summed E-state index contributed by atoms with van der Waals surface area (Å²) < 4.78 is 7.31. The van der Waals surface area contributed by atoms with Gasteiger partial charge < -0.3 is 9.84 Å². The highest BCUT2D eigenvalue weighted by Gasteiger charge is 2.24. The Labute approximate surface area is 110 Å². The fourth-order valence-electron chi connectivity index (χ4n) is 2.22. The van der Waals surface area contributed by atoms with Crippen LogP contribution in [-0.4, -0.2) is 27.5 Å². The van der Waals surface area contributed by atoms with Crippen molar-refractivity contribution >= 4 is 5.97 Å². The minimum Gasteiger partial charge on any atom is -0.478 e. The van der Waals surface area contributed by atoms with Crippen molar-refractivity contribution in [3.63, 3.8) is 0 Å². The van der Waals surface area contributed by atoms with E-state index in [0.29, 0.717) is 12.1 Å². The van der Waals surface area contributed by atoms with Crippen molar-refractivity contribution in [3.05, 3.63) is 53.3 Å². The monoisotopic (exact) mass is 258 g/mol. The second-order valence-corrected chi connectivity index (χ2v) is 4.57. The zero-order chi connectivity index (χ0) is 13.2. The van der Waals surface area contributed by atoms with E-state index in [9.17, 15) is 4.79 Å². The first-order valence-electron chi connectivity index (χ1n) is 6.19. The molecule has 1 atom stereocenters. The number of carboxylic acids is 1. The molecule has 1 saturated heterocycles. The number of aromatic nitrogens is 2. The molecule has 5 heteroatoms. The third-order valence-electron chi connectivity index (χ3n) is 3.33. The largest absolute Gasteiger partial charge is 0.478 e. The Hall–Kier alpha value is -2.14. The zero-order valence-corrected chi connectivity index (χ0v) is 10.3. The molecule has 2 aromatic rings. The Morgan fingerprint density at radius 1 is 1.53 bits per heavy atom. The Bertz CT molecular complexity index is 589. The number of ether oxygens (including phenoxy) is 1. The van der Waals surface area contributed by atoms with E-state index in [2.05, 4.69) is 5.10 Å². The number of carboxylic acid groups (broad SMARTS) is 1. The summed E-state index contributed by atoms with van der Waals surface area (Å²) >= 11 is 0. The van der Waals surface area contributed by atoms with Crippen molar-refractivity contribution in [1.29, 1.82) is 0 Å². The lowest BCUT2D eigenvalue weighted by Crippen LogP contribution is -2.21. The molecule has 0 bridgehead atoms. The molecule has 2 heterocycles. The summed E-state index contributed by atoms with van der Waals surface area (Å²) in [6.45, 7) is 1.37. The van der Waals surface area contributed by atoms with E-state index in [1.54, 1.807) is 18.3 Å². The van der Waals surface area contributed by atoms with E-state index in [4.69, 9.17) is 9.84 Å². The van der Waals surface area contributed by atoms with Crippen molar-refractivity contribution in [1.82, 2.24) is 9.78 Å². The van der Waals surface area contributed by atoms with E-state index >= 15 is 0 Å². The van der Waals surface area contributed by atoms with Gasteiger partial charge in [-0.15, -0.1) is 0 Å². The number of hydrogen-bond donors (Lipinski definition) is 1. The van der Waals surface area contributed by atoms with Crippen LogP contribution in [-0.2, 0) is 11.3 Å². The standard InChI is InChI=1S/C14H14N2O3/c17-14(18)10-2-3-11(9-16-6-1-5-15-16)12(8-10)13-4-7-19-13/h1-3,5-6,8,13H,4,7,9H2,(H,17,18). The van der Waals surface area contributed by atoms with Crippen LogP contribution < -0.4 is 0 Å². The Morgan fingerprint density at radius 2 is 2.37 bits per heavy atom. The van der Waals surface area contributed by atoms with Crippen molar-refractivity contribution in [2.24, 2.45) is 0 Å². The lowest BCUT2D eigenvalue weighted by atomic mass is 9.95. The molecule has 0 saturated carbocycles. The molecule has 0 radical (unpaired) electrons. The normalized spacial score (nSPS) is 18.0. The summed E-state index contributed by atoms with van der Waals surface area (Å²) in [5.41, 5.74) is 2.31. The molecular weight excluding hydrogens is 244 g/mol. The predicted octanol–water partition coefficient (Wildman–Crippen LogP) is 2.09. The first kappa shape index (κ1) is 11.9. The summed E-state index contributed by atoms with van der Waals surface area (Å²) in [6, 6.07) is 7.06. The molecule has 3 rings (SSSR count). The molecule has 1 aliphatic heterocycles. The van der Waals surface area contributed by atoms with Gasteiger partial charge in [0, 0.05) is 18.8 Å². The third kappa shape index (κ3) is 2.37. The highest BCUT2D eigenvalue weighted by molar-refractivity contribution is 5.88. The molecule has 0 aliphatic carbocycles. The van der Waals surface area contributed by atoms with Crippen LogP contribution in [0.4, 0.5) is 0 Å². The maximum Gasteiger partial charge on any atom is 0.335 e. The molecule has 1 fully saturated rings. The maximum atomic E-state index is 11.1. The molecule has 1 aromatic heterocycles. The van der Waals surface area contributed by atoms with Gasteiger partial charge in [0.15, 0.2) is 0 Å². The number of benzene rings is 1. The van der Waals surface area contributed by atoms with E-state index in [0.717, 1.165) is 24.2 Å². The number of hydrogen-bond acceptors (Lipinski definition) is 3. The van der Waals surface area contributed by atoms with Crippen molar-refractivity contribution in [2.75, 3.05) is 6.61 Å². The minimum absolute atomic E-state index is 0.0184. The first-order chi connectivity index (χ1) is 9.24. The summed E-state index contributed by atoms with van der Waals surface area (Å²) in [6.07, 6.45) is 4.57. The fraction of sp³-hybridized carbons (Fsp3) is 0.286. The van der Waals surface area contributed by atoms with Gasteiger partial charge in [0.2, 0.25) is 0 Å². The molecule has 5 nitrogen and oxygen atoms in total. The molecule has 19 heavy (non-hydrogen) atoms. The van der Waals surface area contributed by atoms with Gasteiger partial charge >= 0.3 is 5.97 Å². The highest BCUT2D eigenvalue weighted by Crippen LogP contribution is 2.32. The zero-order valence-electron chi connectivity index (χ0n) is 10.3. The summed E-state index contributed by atoms with van der Waals surface area (Å²) in [4.78, 5) is 11.1. The quantitative estimate of drug-likeness (QED) is 0.912. The SMILES string of the molecule is O=C(O)c1ccc(Cn2cccn2)c(C2CCO2)c1. The highest BCUT2D eigenvalue weighted by atomic mass is 16.5. The Balaban J connectivity index is 1.95. The van der Waals surface area contributed by atoms with Crippen LogP contribution in [0.5, 0.6) is 0 Å². The summed E-state index contributed by atoms with van der Waals surface area (Å²) in [7, 11) is 0. The average Bonchev–Trinajstić information content (AvgIpc) is 2.81. The van der Waals surface area contributed by atoms with Gasteiger partial charge in [-0.3, -0.25) is 4.68 Å². The second kappa shape index (κ2) is 4.85. The third-order valence-corrected chi connectivity index (χ3v) is 3.33. The second-order valence-electron chi connectivity index (χ2n) is 4.57.